The Kier molecular flexibility index (Phi) is 31.4. The maximum absolute atomic E-state index is 12.5. The number of carbonyl (C=O) groups excluding carboxylic acids is 2. The second-order valence-electron chi connectivity index (χ2n) is 12.3. The zero-order valence-corrected chi connectivity index (χ0v) is 29.9. The number of phosphoric ester groups is 1. The number of hydrogen-bond acceptors (Lipinski definition) is 9. The highest BCUT2D eigenvalue weighted by atomic mass is 31.2. The molecular formula is C35H67O10P. The SMILES string of the molecule is CCCCC/C=C\CCCCCCCC(=O)O[C@H](COC(=O)CCCCCCCCCCCCC)COP(=O)(O)OC[C@@H](O)CO. The highest BCUT2D eigenvalue weighted by molar-refractivity contribution is 7.47. The Hall–Kier alpha value is -1.29. The third kappa shape index (κ3) is 31.3. The molecule has 0 spiro atoms. The summed E-state index contributed by atoms with van der Waals surface area (Å²) in [4.78, 5) is 34.7. The molecule has 0 aromatic heterocycles. The first-order valence-corrected chi connectivity index (χ1v) is 19.6. The lowest BCUT2D eigenvalue weighted by molar-refractivity contribution is -0.161. The summed E-state index contributed by atoms with van der Waals surface area (Å²) in [5.74, 6) is -0.934. The molecule has 3 atom stereocenters. The van der Waals surface area contributed by atoms with Gasteiger partial charge in [-0.2, -0.15) is 0 Å². The second-order valence-corrected chi connectivity index (χ2v) is 13.7. The number of esters is 2. The van der Waals surface area contributed by atoms with Gasteiger partial charge in [0.05, 0.1) is 19.8 Å². The molecule has 0 saturated heterocycles. The van der Waals surface area contributed by atoms with Crippen molar-refractivity contribution < 1.29 is 47.8 Å². The second kappa shape index (κ2) is 32.3. The molecule has 272 valence electrons. The normalized spacial score (nSPS) is 14.3. The zero-order chi connectivity index (χ0) is 34.1. The number of phosphoric acid groups is 1. The van der Waals surface area contributed by atoms with Gasteiger partial charge in [0, 0.05) is 12.8 Å². The van der Waals surface area contributed by atoms with Gasteiger partial charge in [-0.25, -0.2) is 4.57 Å². The van der Waals surface area contributed by atoms with Crippen LogP contribution in [0.4, 0.5) is 0 Å². The van der Waals surface area contributed by atoms with Gasteiger partial charge in [0.2, 0.25) is 0 Å². The summed E-state index contributed by atoms with van der Waals surface area (Å²) in [6.07, 6.45) is 26.1. The van der Waals surface area contributed by atoms with Gasteiger partial charge in [0.15, 0.2) is 6.10 Å². The number of ether oxygens (including phenoxy) is 2. The highest BCUT2D eigenvalue weighted by Gasteiger charge is 2.27. The number of rotatable bonds is 34. The number of aliphatic hydroxyl groups excluding tert-OH is 2. The van der Waals surface area contributed by atoms with Crippen molar-refractivity contribution in [3.63, 3.8) is 0 Å². The van der Waals surface area contributed by atoms with Crippen LogP contribution in [0.5, 0.6) is 0 Å². The molecule has 0 aliphatic heterocycles. The van der Waals surface area contributed by atoms with Gasteiger partial charge in [-0.15, -0.1) is 0 Å². The molecule has 11 heteroatoms. The largest absolute Gasteiger partial charge is 0.472 e. The lowest BCUT2D eigenvalue weighted by Gasteiger charge is -2.20. The maximum atomic E-state index is 12.5. The van der Waals surface area contributed by atoms with Gasteiger partial charge in [0.1, 0.15) is 12.7 Å². The molecule has 0 aromatic rings. The molecule has 0 saturated carbocycles. The van der Waals surface area contributed by atoms with Crippen LogP contribution in [0.3, 0.4) is 0 Å². The van der Waals surface area contributed by atoms with Gasteiger partial charge < -0.3 is 24.6 Å². The Morgan fingerprint density at radius 1 is 0.630 bits per heavy atom. The monoisotopic (exact) mass is 678 g/mol. The molecule has 0 aliphatic carbocycles. The summed E-state index contributed by atoms with van der Waals surface area (Å²) in [5, 5.41) is 18.2. The van der Waals surface area contributed by atoms with E-state index < -0.39 is 51.8 Å². The van der Waals surface area contributed by atoms with E-state index in [0.717, 1.165) is 57.8 Å². The van der Waals surface area contributed by atoms with Crippen molar-refractivity contribution in [1.29, 1.82) is 0 Å². The van der Waals surface area contributed by atoms with Crippen molar-refractivity contribution in [2.75, 3.05) is 26.4 Å². The van der Waals surface area contributed by atoms with Crippen molar-refractivity contribution >= 4 is 19.8 Å². The molecular weight excluding hydrogens is 611 g/mol. The lowest BCUT2D eigenvalue weighted by Crippen LogP contribution is -2.29. The van der Waals surface area contributed by atoms with Gasteiger partial charge in [-0.05, 0) is 38.5 Å². The Balaban J connectivity index is 4.41. The predicted octanol–water partition coefficient (Wildman–Crippen LogP) is 8.50. The van der Waals surface area contributed by atoms with Crippen LogP contribution in [0.15, 0.2) is 12.2 Å². The number of unbranched alkanes of at least 4 members (excludes halogenated alkanes) is 18. The number of allylic oxidation sites excluding steroid dienone is 2. The molecule has 0 radical (unpaired) electrons. The predicted molar refractivity (Wildman–Crippen MR) is 182 cm³/mol. The number of hydrogen-bond donors (Lipinski definition) is 3. The van der Waals surface area contributed by atoms with Crippen molar-refractivity contribution in [2.45, 2.75) is 174 Å². The van der Waals surface area contributed by atoms with Crippen LogP contribution in [-0.4, -0.2) is 65.7 Å². The number of aliphatic hydroxyl groups is 2. The standard InChI is InChI=1S/C35H67O10P/c1-3-5-7-9-11-13-15-17-19-21-23-25-27-35(39)45-33(31-44-46(40,41)43-29-32(37)28-36)30-42-34(38)26-24-22-20-18-16-14-12-10-8-6-4-2/h11,13,32-33,36-37H,3-10,12,14-31H2,1-2H3,(H,40,41)/b13-11-/t32-,33+/m0/s1. The first-order chi connectivity index (χ1) is 22.2. The first kappa shape index (κ1) is 44.7. The molecule has 0 amide bonds. The van der Waals surface area contributed by atoms with Crippen molar-refractivity contribution in [1.82, 2.24) is 0 Å². The number of carbonyl (C=O) groups is 2. The Labute approximate surface area is 279 Å². The molecule has 46 heavy (non-hydrogen) atoms. The van der Waals surface area contributed by atoms with E-state index in [1.54, 1.807) is 0 Å². The Morgan fingerprint density at radius 3 is 1.61 bits per heavy atom. The fourth-order valence-corrected chi connectivity index (χ4v) is 5.60. The first-order valence-electron chi connectivity index (χ1n) is 18.1. The smallest absolute Gasteiger partial charge is 0.462 e. The summed E-state index contributed by atoms with van der Waals surface area (Å²) >= 11 is 0. The molecule has 0 aliphatic rings. The van der Waals surface area contributed by atoms with Crippen molar-refractivity contribution in [3.05, 3.63) is 12.2 Å². The molecule has 0 heterocycles. The molecule has 10 nitrogen and oxygen atoms in total. The molecule has 0 aromatic carbocycles. The summed E-state index contributed by atoms with van der Waals surface area (Å²) < 4.78 is 32.5. The third-order valence-electron chi connectivity index (χ3n) is 7.67. The molecule has 3 N–H and O–H groups in total. The summed E-state index contributed by atoms with van der Waals surface area (Å²) in [5.41, 5.74) is 0. The minimum absolute atomic E-state index is 0.177. The van der Waals surface area contributed by atoms with Crippen LogP contribution in [0.2, 0.25) is 0 Å². The average Bonchev–Trinajstić information content (AvgIpc) is 3.04. The minimum Gasteiger partial charge on any atom is -0.462 e. The Morgan fingerprint density at radius 2 is 1.07 bits per heavy atom. The van der Waals surface area contributed by atoms with Gasteiger partial charge in [-0.1, -0.05) is 122 Å². The van der Waals surface area contributed by atoms with E-state index in [0.29, 0.717) is 12.8 Å². The summed E-state index contributed by atoms with van der Waals surface area (Å²) in [6.45, 7) is 2.32. The topological polar surface area (TPSA) is 149 Å². The summed E-state index contributed by atoms with van der Waals surface area (Å²) in [7, 11) is -4.60. The molecule has 0 bridgehead atoms. The van der Waals surface area contributed by atoms with Gasteiger partial charge >= 0.3 is 19.8 Å². The van der Waals surface area contributed by atoms with Crippen LogP contribution >= 0.6 is 7.82 Å². The van der Waals surface area contributed by atoms with E-state index in [9.17, 15) is 24.2 Å². The zero-order valence-electron chi connectivity index (χ0n) is 29.0. The van der Waals surface area contributed by atoms with Crippen LogP contribution < -0.4 is 0 Å². The Bertz CT molecular complexity index is 791. The molecule has 0 rings (SSSR count). The molecule has 0 fully saturated rings. The van der Waals surface area contributed by atoms with Gasteiger partial charge in [0.25, 0.3) is 0 Å². The van der Waals surface area contributed by atoms with E-state index in [2.05, 4.69) is 30.5 Å². The van der Waals surface area contributed by atoms with E-state index in [4.69, 9.17) is 19.1 Å². The van der Waals surface area contributed by atoms with Crippen LogP contribution in [0.25, 0.3) is 0 Å². The average molecular weight is 679 g/mol. The van der Waals surface area contributed by atoms with E-state index in [1.165, 1.54) is 64.2 Å². The third-order valence-corrected chi connectivity index (χ3v) is 8.62. The van der Waals surface area contributed by atoms with Gasteiger partial charge in [-0.3, -0.25) is 18.6 Å². The fourth-order valence-electron chi connectivity index (χ4n) is 4.81. The highest BCUT2D eigenvalue weighted by Crippen LogP contribution is 2.43. The van der Waals surface area contributed by atoms with E-state index in [1.807, 2.05) is 0 Å². The van der Waals surface area contributed by atoms with E-state index >= 15 is 0 Å². The van der Waals surface area contributed by atoms with Crippen molar-refractivity contribution in [2.24, 2.45) is 0 Å². The van der Waals surface area contributed by atoms with E-state index in [-0.39, 0.29) is 19.4 Å². The quantitative estimate of drug-likeness (QED) is 0.0262. The maximum Gasteiger partial charge on any atom is 0.472 e. The fraction of sp³-hybridized carbons (Fsp3) is 0.886. The lowest BCUT2D eigenvalue weighted by atomic mass is 10.1. The minimum atomic E-state index is -4.60. The van der Waals surface area contributed by atoms with Crippen molar-refractivity contribution in [3.8, 4) is 0 Å². The van der Waals surface area contributed by atoms with Crippen LogP contribution in [0.1, 0.15) is 162 Å². The van der Waals surface area contributed by atoms with Crippen LogP contribution in [-0.2, 0) is 32.7 Å². The summed E-state index contributed by atoms with van der Waals surface area (Å²) in [6, 6.07) is 0. The molecule has 1 unspecified atom stereocenters. The van der Waals surface area contributed by atoms with Crippen LogP contribution in [0, 0.1) is 0 Å².